The molecule has 0 aromatic rings. The highest BCUT2D eigenvalue weighted by Crippen LogP contribution is 2.40. The molecule has 3 heteroatoms. The van der Waals surface area contributed by atoms with Gasteiger partial charge in [0.15, 0.2) is 0 Å². The molecule has 0 radical (unpaired) electrons. The zero-order valence-electron chi connectivity index (χ0n) is 8.59. The molecule has 2 atom stereocenters. The van der Waals surface area contributed by atoms with E-state index in [2.05, 4.69) is 0 Å². The first kappa shape index (κ1) is 10.2. The number of carbonyl (C=O) groups excluding carboxylic acids is 2. The van der Waals surface area contributed by atoms with E-state index < -0.39 is 5.60 Å². The fourth-order valence-corrected chi connectivity index (χ4v) is 1.28. The van der Waals surface area contributed by atoms with Crippen LogP contribution in [0.25, 0.3) is 0 Å². The van der Waals surface area contributed by atoms with Crippen LogP contribution in [0.1, 0.15) is 34.1 Å². The molecule has 1 aliphatic rings. The van der Waals surface area contributed by atoms with Crippen LogP contribution < -0.4 is 0 Å². The molecule has 0 aromatic carbocycles. The van der Waals surface area contributed by atoms with Crippen LogP contribution in [0.15, 0.2) is 0 Å². The summed E-state index contributed by atoms with van der Waals surface area (Å²) >= 11 is 0. The average Bonchev–Trinajstić information content (AvgIpc) is 2.58. The summed E-state index contributed by atoms with van der Waals surface area (Å²) in [7, 11) is 0. The van der Waals surface area contributed by atoms with Crippen molar-refractivity contribution in [3.63, 3.8) is 0 Å². The summed E-state index contributed by atoms with van der Waals surface area (Å²) in [6.07, 6.45) is 0.671. The van der Waals surface area contributed by atoms with Crippen LogP contribution in [-0.4, -0.2) is 17.4 Å². The van der Waals surface area contributed by atoms with E-state index in [9.17, 15) is 9.59 Å². The number of ketones is 1. The molecule has 0 spiro atoms. The third-order valence-electron chi connectivity index (χ3n) is 2.02. The smallest absolute Gasteiger partial charge is 0.310 e. The van der Waals surface area contributed by atoms with Crippen molar-refractivity contribution in [2.45, 2.75) is 39.7 Å². The quantitative estimate of drug-likeness (QED) is 0.611. The minimum atomic E-state index is -0.443. The summed E-state index contributed by atoms with van der Waals surface area (Å²) in [6, 6.07) is 0. The summed E-state index contributed by atoms with van der Waals surface area (Å²) < 4.78 is 5.15. The lowest BCUT2D eigenvalue weighted by Crippen LogP contribution is -2.25. The summed E-state index contributed by atoms with van der Waals surface area (Å²) in [5.74, 6) is -0.380. The van der Waals surface area contributed by atoms with Crippen LogP contribution in [0.3, 0.4) is 0 Å². The predicted octanol–water partition coefficient (Wildman–Crippen LogP) is 1.55. The third-order valence-corrected chi connectivity index (χ3v) is 2.02. The van der Waals surface area contributed by atoms with Crippen molar-refractivity contribution in [1.82, 2.24) is 0 Å². The Balaban J connectivity index is 2.40. The number of hydrogen-bond donors (Lipinski definition) is 0. The van der Waals surface area contributed by atoms with E-state index in [4.69, 9.17) is 4.74 Å². The van der Waals surface area contributed by atoms with Crippen LogP contribution in [0.5, 0.6) is 0 Å². The Morgan fingerprint density at radius 2 is 1.77 bits per heavy atom. The summed E-state index contributed by atoms with van der Waals surface area (Å²) in [4.78, 5) is 22.2. The fourth-order valence-electron chi connectivity index (χ4n) is 1.28. The van der Waals surface area contributed by atoms with Crippen molar-refractivity contribution < 1.29 is 14.3 Å². The molecular weight excluding hydrogens is 168 g/mol. The van der Waals surface area contributed by atoms with Crippen molar-refractivity contribution in [3.8, 4) is 0 Å². The van der Waals surface area contributed by atoms with Crippen molar-refractivity contribution in [2.24, 2.45) is 11.8 Å². The highest BCUT2D eigenvalue weighted by Gasteiger charge is 2.48. The van der Waals surface area contributed by atoms with Gasteiger partial charge in [0.05, 0.1) is 5.92 Å². The molecule has 3 nitrogen and oxygen atoms in total. The van der Waals surface area contributed by atoms with Gasteiger partial charge < -0.3 is 4.74 Å². The van der Waals surface area contributed by atoms with Gasteiger partial charge in [-0.05, 0) is 34.1 Å². The largest absolute Gasteiger partial charge is 0.460 e. The van der Waals surface area contributed by atoms with E-state index >= 15 is 0 Å². The van der Waals surface area contributed by atoms with Gasteiger partial charge in [-0.1, -0.05) is 0 Å². The molecule has 1 aliphatic carbocycles. The first-order valence-electron chi connectivity index (χ1n) is 4.54. The molecule has 13 heavy (non-hydrogen) atoms. The first-order valence-corrected chi connectivity index (χ1v) is 4.54. The SMILES string of the molecule is CC(=O)[C@H]1C[C@@H]1C(=O)OC(C)(C)C. The second kappa shape index (κ2) is 3.13. The van der Waals surface area contributed by atoms with Gasteiger partial charge in [0.1, 0.15) is 11.4 Å². The number of esters is 1. The number of ether oxygens (including phenoxy) is 1. The Bertz CT molecular complexity index is 237. The first-order chi connectivity index (χ1) is 5.81. The molecule has 0 amide bonds. The van der Waals surface area contributed by atoms with E-state index in [1.54, 1.807) is 0 Å². The Morgan fingerprint density at radius 1 is 1.23 bits per heavy atom. The summed E-state index contributed by atoms with van der Waals surface area (Å²) in [5, 5.41) is 0. The number of Topliss-reactive ketones (excluding diaryl/α,β-unsaturated/α-hetero) is 1. The Hall–Kier alpha value is -0.860. The van der Waals surface area contributed by atoms with Gasteiger partial charge in [0.2, 0.25) is 0 Å². The lowest BCUT2D eigenvalue weighted by molar-refractivity contribution is -0.157. The Kier molecular flexibility index (Phi) is 2.46. The maximum absolute atomic E-state index is 11.4. The maximum atomic E-state index is 11.4. The fraction of sp³-hybridized carbons (Fsp3) is 0.800. The molecule has 0 bridgehead atoms. The van der Waals surface area contributed by atoms with E-state index in [0.29, 0.717) is 6.42 Å². The second-order valence-electron chi connectivity index (χ2n) is 4.59. The molecule has 0 aromatic heterocycles. The minimum absolute atomic E-state index is 0.0742. The Morgan fingerprint density at radius 3 is 2.08 bits per heavy atom. The molecule has 0 aliphatic heterocycles. The monoisotopic (exact) mass is 184 g/mol. The zero-order chi connectivity index (χ0) is 10.2. The van der Waals surface area contributed by atoms with Crippen molar-refractivity contribution in [2.75, 3.05) is 0 Å². The highest BCUT2D eigenvalue weighted by atomic mass is 16.6. The van der Waals surface area contributed by atoms with E-state index in [-0.39, 0.29) is 23.6 Å². The average molecular weight is 184 g/mol. The molecule has 74 valence electrons. The standard InChI is InChI=1S/C10H16O3/c1-6(11)7-5-8(7)9(12)13-10(2,3)4/h7-8H,5H2,1-4H3/t7-,8+/m1/s1. The lowest BCUT2D eigenvalue weighted by Gasteiger charge is -2.19. The highest BCUT2D eigenvalue weighted by molar-refractivity contribution is 5.90. The van der Waals surface area contributed by atoms with Crippen LogP contribution >= 0.6 is 0 Å². The molecule has 1 fully saturated rings. The third kappa shape index (κ3) is 2.83. The van der Waals surface area contributed by atoms with E-state index in [1.807, 2.05) is 20.8 Å². The van der Waals surface area contributed by atoms with E-state index in [0.717, 1.165) is 0 Å². The van der Waals surface area contributed by atoms with Gasteiger partial charge in [-0.25, -0.2) is 0 Å². The second-order valence-corrected chi connectivity index (χ2v) is 4.59. The maximum Gasteiger partial charge on any atom is 0.310 e. The van der Waals surface area contributed by atoms with Gasteiger partial charge in [0, 0.05) is 5.92 Å². The molecule has 1 rings (SSSR count). The summed E-state index contributed by atoms with van der Waals surface area (Å²) in [6.45, 7) is 7.01. The number of carbonyl (C=O) groups is 2. The van der Waals surface area contributed by atoms with Crippen molar-refractivity contribution >= 4 is 11.8 Å². The zero-order valence-corrected chi connectivity index (χ0v) is 8.59. The van der Waals surface area contributed by atoms with Crippen LogP contribution in [-0.2, 0) is 14.3 Å². The van der Waals surface area contributed by atoms with Crippen LogP contribution in [0.2, 0.25) is 0 Å². The molecule has 0 N–H and O–H groups in total. The van der Waals surface area contributed by atoms with Crippen LogP contribution in [0, 0.1) is 11.8 Å². The number of rotatable bonds is 2. The van der Waals surface area contributed by atoms with Gasteiger partial charge in [-0.3, -0.25) is 9.59 Å². The van der Waals surface area contributed by atoms with Crippen molar-refractivity contribution in [3.05, 3.63) is 0 Å². The molecule has 0 saturated heterocycles. The molecule has 1 saturated carbocycles. The van der Waals surface area contributed by atoms with Gasteiger partial charge >= 0.3 is 5.97 Å². The molecular formula is C10H16O3. The minimum Gasteiger partial charge on any atom is -0.460 e. The Labute approximate surface area is 78.5 Å². The topological polar surface area (TPSA) is 43.4 Å². The van der Waals surface area contributed by atoms with E-state index in [1.165, 1.54) is 6.92 Å². The predicted molar refractivity (Wildman–Crippen MR) is 48.1 cm³/mol. The lowest BCUT2D eigenvalue weighted by atomic mass is 10.2. The number of hydrogen-bond acceptors (Lipinski definition) is 3. The normalized spacial score (nSPS) is 26.8. The molecule has 0 unspecified atom stereocenters. The van der Waals surface area contributed by atoms with Crippen LogP contribution in [0.4, 0.5) is 0 Å². The summed E-state index contributed by atoms with van der Waals surface area (Å²) in [5.41, 5.74) is -0.443. The molecule has 0 heterocycles. The van der Waals surface area contributed by atoms with Gasteiger partial charge in [-0.2, -0.15) is 0 Å². The van der Waals surface area contributed by atoms with Gasteiger partial charge in [-0.15, -0.1) is 0 Å². The van der Waals surface area contributed by atoms with Gasteiger partial charge in [0.25, 0.3) is 0 Å². The van der Waals surface area contributed by atoms with Crippen molar-refractivity contribution in [1.29, 1.82) is 0 Å².